The standard InChI is InChI=1S/C20H23F2N7/c1-12-4-5-16(21)15(20(12)22)11-24-8-6-18(23)25-19-10-17(26-27-19)14(3)29-9-7-13(2)28-29/h4-5,7-10,14H,6,11H2,1-3H3,(H3,23,25,26,27). The highest BCUT2D eigenvalue weighted by Gasteiger charge is 2.12. The SMILES string of the molecule is Cc1ccn(C(C)c2cc(N=C(N)CC=NCc3c(F)ccc(C)c3F)n[nH]2)n1. The van der Waals surface area contributed by atoms with Crippen molar-refractivity contribution in [2.75, 3.05) is 0 Å². The largest absolute Gasteiger partial charge is 0.387 e. The van der Waals surface area contributed by atoms with Crippen molar-refractivity contribution in [1.82, 2.24) is 20.0 Å². The third kappa shape index (κ3) is 4.92. The highest BCUT2D eigenvalue weighted by molar-refractivity contribution is 5.93. The molecule has 7 nitrogen and oxygen atoms in total. The Morgan fingerprint density at radius 3 is 2.83 bits per heavy atom. The van der Waals surface area contributed by atoms with Gasteiger partial charge in [0.1, 0.15) is 17.5 Å². The molecule has 0 radical (unpaired) electrons. The van der Waals surface area contributed by atoms with Crippen LogP contribution in [-0.4, -0.2) is 32.0 Å². The third-order valence-corrected chi connectivity index (χ3v) is 4.49. The molecular weight excluding hydrogens is 376 g/mol. The number of nitrogens with zero attached hydrogens (tertiary/aromatic N) is 5. The molecule has 3 N–H and O–H groups in total. The molecule has 0 bridgehead atoms. The molecule has 0 aliphatic carbocycles. The summed E-state index contributed by atoms with van der Waals surface area (Å²) >= 11 is 0. The van der Waals surface area contributed by atoms with Gasteiger partial charge in [-0.05, 0) is 38.5 Å². The van der Waals surface area contributed by atoms with Crippen LogP contribution in [0.15, 0.2) is 40.4 Å². The van der Waals surface area contributed by atoms with E-state index in [0.717, 1.165) is 11.4 Å². The number of aromatic nitrogens is 4. The molecule has 0 spiro atoms. The number of amidine groups is 1. The number of hydrogen-bond donors (Lipinski definition) is 2. The molecule has 29 heavy (non-hydrogen) atoms. The zero-order chi connectivity index (χ0) is 21.0. The van der Waals surface area contributed by atoms with E-state index in [1.807, 2.05) is 30.8 Å². The molecule has 0 aliphatic heterocycles. The van der Waals surface area contributed by atoms with E-state index in [1.54, 1.807) is 13.0 Å². The van der Waals surface area contributed by atoms with Crippen molar-refractivity contribution in [3.63, 3.8) is 0 Å². The Bertz CT molecular complexity index is 1050. The van der Waals surface area contributed by atoms with Gasteiger partial charge in [0.15, 0.2) is 5.82 Å². The monoisotopic (exact) mass is 399 g/mol. The lowest BCUT2D eigenvalue weighted by molar-refractivity contribution is 0.546. The van der Waals surface area contributed by atoms with E-state index in [1.165, 1.54) is 18.3 Å². The number of nitrogens with two attached hydrogens (primary N) is 1. The number of halogens is 2. The van der Waals surface area contributed by atoms with Crippen molar-refractivity contribution in [2.45, 2.75) is 39.8 Å². The van der Waals surface area contributed by atoms with Crippen LogP contribution in [0.5, 0.6) is 0 Å². The van der Waals surface area contributed by atoms with E-state index in [-0.39, 0.29) is 24.6 Å². The molecule has 0 saturated heterocycles. The van der Waals surface area contributed by atoms with Crippen LogP contribution in [0.3, 0.4) is 0 Å². The van der Waals surface area contributed by atoms with Crippen LogP contribution >= 0.6 is 0 Å². The molecule has 3 aromatic rings. The van der Waals surface area contributed by atoms with Gasteiger partial charge in [0.25, 0.3) is 0 Å². The van der Waals surface area contributed by atoms with E-state index >= 15 is 0 Å². The first-order valence-corrected chi connectivity index (χ1v) is 9.17. The second kappa shape index (κ2) is 8.76. The summed E-state index contributed by atoms with van der Waals surface area (Å²) in [4.78, 5) is 8.29. The number of hydrogen-bond acceptors (Lipinski definition) is 4. The number of aryl methyl sites for hydroxylation is 2. The molecule has 2 heterocycles. The van der Waals surface area contributed by atoms with Gasteiger partial charge >= 0.3 is 0 Å². The maximum absolute atomic E-state index is 13.9. The summed E-state index contributed by atoms with van der Waals surface area (Å²) in [6.07, 6.45) is 3.63. The zero-order valence-corrected chi connectivity index (χ0v) is 16.5. The summed E-state index contributed by atoms with van der Waals surface area (Å²) in [5, 5.41) is 11.5. The maximum atomic E-state index is 13.9. The van der Waals surface area contributed by atoms with Crippen molar-refractivity contribution in [2.24, 2.45) is 15.7 Å². The van der Waals surface area contributed by atoms with Crippen LogP contribution in [0, 0.1) is 25.5 Å². The lowest BCUT2D eigenvalue weighted by Crippen LogP contribution is -2.11. The summed E-state index contributed by atoms with van der Waals surface area (Å²) in [5.74, 6) is -0.455. The molecule has 1 unspecified atom stereocenters. The van der Waals surface area contributed by atoms with Gasteiger partial charge in [0.2, 0.25) is 0 Å². The Kier molecular flexibility index (Phi) is 6.16. The topological polar surface area (TPSA) is 97.2 Å². The molecule has 0 aliphatic rings. The van der Waals surface area contributed by atoms with Crippen LogP contribution in [0.2, 0.25) is 0 Å². The zero-order valence-electron chi connectivity index (χ0n) is 16.5. The predicted molar refractivity (Wildman–Crippen MR) is 109 cm³/mol. The van der Waals surface area contributed by atoms with E-state index in [4.69, 9.17) is 5.73 Å². The minimum atomic E-state index is -0.613. The minimum Gasteiger partial charge on any atom is -0.387 e. The number of nitrogens with one attached hydrogen (secondary N) is 1. The molecule has 0 amide bonds. The molecule has 0 saturated carbocycles. The fourth-order valence-electron chi connectivity index (χ4n) is 2.75. The number of benzene rings is 1. The number of rotatable bonds is 7. The molecule has 152 valence electrons. The predicted octanol–water partition coefficient (Wildman–Crippen LogP) is 3.76. The lowest BCUT2D eigenvalue weighted by atomic mass is 10.1. The van der Waals surface area contributed by atoms with Crippen LogP contribution < -0.4 is 5.73 Å². The normalized spacial score (nSPS) is 13.3. The average Bonchev–Trinajstić information content (AvgIpc) is 3.33. The Morgan fingerprint density at radius 2 is 2.10 bits per heavy atom. The Morgan fingerprint density at radius 1 is 1.31 bits per heavy atom. The van der Waals surface area contributed by atoms with Crippen molar-refractivity contribution >= 4 is 17.9 Å². The number of aromatic amines is 1. The van der Waals surface area contributed by atoms with Crippen molar-refractivity contribution in [3.8, 4) is 0 Å². The van der Waals surface area contributed by atoms with Gasteiger partial charge in [-0.2, -0.15) is 10.2 Å². The number of H-pyrrole nitrogens is 1. The van der Waals surface area contributed by atoms with E-state index in [0.29, 0.717) is 17.2 Å². The van der Waals surface area contributed by atoms with Crippen molar-refractivity contribution in [3.05, 3.63) is 64.6 Å². The highest BCUT2D eigenvalue weighted by atomic mass is 19.1. The molecule has 0 fully saturated rings. The fraction of sp³-hybridized carbons (Fsp3) is 0.300. The summed E-state index contributed by atoms with van der Waals surface area (Å²) < 4.78 is 29.5. The van der Waals surface area contributed by atoms with Gasteiger partial charge in [0, 0.05) is 30.5 Å². The van der Waals surface area contributed by atoms with Crippen LogP contribution in [0.4, 0.5) is 14.6 Å². The van der Waals surface area contributed by atoms with Gasteiger partial charge in [-0.1, -0.05) is 6.07 Å². The summed E-state index contributed by atoms with van der Waals surface area (Å²) in [6.45, 7) is 5.40. The maximum Gasteiger partial charge on any atom is 0.175 e. The van der Waals surface area contributed by atoms with Gasteiger partial charge in [-0.15, -0.1) is 0 Å². The van der Waals surface area contributed by atoms with Gasteiger partial charge in [0.05, 0.1) is 24.0 Å². The van der Waals surface area contributed by atoms with Crippen LogP contribution in [0.25, 0.3) is 0 Å². The summed E-state index contributed by atoms with van der Waals surface area (Å²) in [6, 6.07) is 6.33. The van der Waals surface area contributed by atoms with Crippen LogP contribution in [-0.2, 0) is 6.54 Å². The Balaban J connectivity index is 1.60. The molecule has 2 aromatic heterocycles. The second-order valence-corrected chi connectivity index (χ2v) is 6.78. The van der Waals surface area contributed by atoms with Crippen molar-refractivity contribution in [1.29, 1.82) is 0 Å². The number of aliphatic imine (C=N–C) groups is 2. The first-order valence-electron chi connectivity index (χ1n) is 9.17. The highest BCUT2D eigenvalue weighted by Crippen LogP contribution is 2.20. The summed E-state index contributed by atoms with van der Waals surface area (Å²) in [7, 11) is 0. The van der Waals surface area contributed by atoms with E-state index < -0.39 is 11.6 Å². The third-order valence-electron chi connectivity index (χ3n) is 4.49. The summed E-state index contributed by atoms with van der Waals surface area (Å²) in [5.41, 5.74) is 8.01. The average molecular weight is 399 g/mol. The fourth-order valence-corrected chi connectivity index (χ4v) is 2.75. The van der Waals surface area contributed by atoms with Crippen molar-refractivity contribution < 1.29 is 8.78 Å². The first kappa shape index (κ1) is 20.4. The van der Waals surface area contributed by atoms with E-state index in [2.05, 4.69) is 25.3 Å². The second-order valence-electron chi connectivity index (χ2n) is 6.78. The van der Waals surface area contributed by atoms with Gasteiger partial charge in [-0.25, -0.2) is 13.8 Å². The smallest absolute Gasteiger partial charge is 0.175 e. The van der Waals surface area contributed by atoms with Gasteiger partial charge < -0.3 is 5.73 Å². The molecule has 1 atom stereocenters. The Hall–Kier alpha value is -3.36. The minimum absolute atomic E-state index is 0.0259. The molecule has 9 heteroatoms. The van der Waals surface area contributed by atoms with E-state index in [9.17, 15) is 8.78 Å². The molecule has 1 aromatic carbocycles. The van der Waals surface area contributed by atoms with Gasteiger partial charge in [-0.3, -0.25) is 14.8 Å². The van der Waals surface area contributed by atoms with Crippen LogP contribution in [0.1, 0.15) is 41.9 Å². The lowest BCUT2D eigenvalue weighted by Gasteiger charge is -2.08. The quantitative estimate of drug-likeness (QED) is 0.468. The molecular formula is C20H23F2N7. The Labute approximate surface area is 167 Å². The molecule has 3 rings (SSSR count). The first-order chi connectivity index (χ1) is 13.8.